The summed E-state index contributed by atoms with van der Waals surface area (Å²) in [5, 5.41) is 4.74. The molecule has 0 saturated heterocycles. The Hall–Kier alpha value is -2.57. The topological polar surface area (TPSA) is 111 Å². The lowest BCUT2D eigenvalue weighted by molar-refractivity contribution is -0.128. The molecule has 0 aromatic heterocycles. The van der Waals surface area contributed by atoms with Gasteiger partial charge >= 0.3 is 6.09 Å². The Morgan fingerprint density at radius 3 is 2.38 bits per heavy atom. The van der Waals surface area contributed by atoms with Crippen LogP contribution in [0.1, 0.15) is 19.4 Å². The molecule has 114 valence electrons. The molecule has 0 aliphatic rings. The van der Waals surface area contributed by atoms with Gasteiger partial charge in [0.05, 0.1) is 6.54 Å². The fourth-order valence-corrected chi connectivity index (χ4v) is 1.46. The van der Waals surface area contributed by atoms with Gasteiger partial charge in [-0.1, -0.05) is 30.3 Å². The third kappa shape index (κ3) is 5.94. The van der Waals surface area contributed by atoms with E-state index in [-0.39, 0.29) is 13.2 Å². The van der Waals surface area contributed by atoms with Crippen LogP contribution in [0.5, 0.6) is 0 Å². The van der Waals surface area contributed by atoms with Gasteiger partial charge in [0.25, 0.3) is 0 Å². The van der Waals surface area contributed by atoms with Crippen molar-refractivity contribution in [1.82, 2.24) is 10.6 Å². The highest BCUT2D eigenvalue weighted by molar-refractivity contribution is 5.91. The van der Waals surface area contributed by atoms with E-state index in [0.29, 0.717) is 0 Å². The van der Waals surface area contributed by atoms with Crippen molar-refractivity contribution in [2.75, 3.05) is 6.54 Å². The lowest BCUT2D eigenvalue weighted by atomic mass is 10.1. The molecule has 4 N–H and O–H groups in total. The van der Waals surface area contributed by atoms with E-state index >= 15 is 0 Å². The Kier molecular flexibility index (Phi) is 5.71. The molecule has 1 aromatic carbocycles. The van der Waals surface area contributed by atoms with Gasteiger partial charge in [-0.2, -0.15) is 0 Å². The average Bonchev–Trinajstić information content (AvgIpc) is 2.43. The van der Waals surface area contributed by atoms with E-state index in [4.69, 9.17) is 10.5 Å². The van der Waals surface area contributed by atoms with Gasteiger partial charge in [-0.3, -0.25) is 9.59 Å². The van der Waals surface area contributed by atoms with E-state index in [1.54, 1.807) is 0 Å². The lowest BCUT2D eigenvalue weighted by Gasteiger charge is -2.24. The number of amides is 3. The number of nitrogens with one attached hydrogen (secondary N) is 2. The molecule has 0 fully saturated rings. The van der Waals surface area contributed by atoms with Gasteiger partial charge < -0.3 is 21.1 Å². The number of benzene rings is 1. The van der Waals surface area contributed by atoms with Crippen molar-refractivity contribution in [3.63, 3.8) is 0 Å². The summed E-state index contributed by atoms with van der Waals surface area (Å²) in [6.45, 7) is 2.80. The Labute approximate surface area is 122 Å². The summed E-state index contributed by atoms with van der Waals surface area (Å²) < 4.78 is 5.02. The van der Waals surface area contributed by atoms with E-state index in [1.807, 2.05) is 30.3 Å². The van der Waals surface area contributed by atoms with Crippen molar-refractivity contribution >= 4 is 17.9 Å². The van der Waals surface area contributed by atoms with Crippen LogP contribution in [0, 0.1) is 0 Å². The van der Waals surface area contributed by atoms with Crippen LogP contribution in [0.15, 0.2) is 30.3 Å². The molecule has 21 heavy (non-hydrogen) atoms. The molecule has 3 amide bonds. The van der Waals surface area contributed by atoms with Crippen LogP contribution in [0.3, 0.4) is 0 Å². The van der Waals surface area contributed by atoms with Crippen LogP contribution in [-0.4, -0.2) is 30.0 Å². The second-order valence-electron chi connectivity index (χ2n) is 4.96. The third-order valence-electron chi connectivity index (χ3n) is 2.62. The van der Waals surface area contributed by atoms with Crippen molar-refractivity contribution < 1.29 is 19.1 Å². The monoisotopic (exact) mass is 293 g/mol. The highest BCUT2D eigenvalue weighted by Gasteiger charge is 2.30. The predicted octanol–water partition coefficient (Wildman–Crippen LogP) is 0.293. The van der Waals surface area contributed by atoms with Gasteiger partial charge in [-0.25, -0.2) is 4.79 Å². The third-order valence-corrected chi connectivity index (χ3v) is 2.62. The first kappa shape index (κ1) is 16.5. The highest BCUT2D eigenvalue weighted by Crippen LogP contribution is 2.05. The first-order valence-electron chi connectivity index (χ1n) is 6.37. The van der Waals surface area contributed by atoms with Crippen LogP contribution in [-0.2, 0) is 20.9 Å². The summed E-state index contributed by atoms with van der Waals surface area (Å²) in [5.41, 5.74) is 4.55. The summed E-state index contributed by atoms with van der Waals surface area (Å²) in [7, 11) is 0. The zero-order chi connectivity index (χ0) is 15.9. The maximum absolute atomic E-state index is 11.8. The minimum Gasteiger partial charge on any atom is -0.445 e. The molecule has 1 aromatic rings. The minimum atomic E-state index is -1.22. The fraction of sp³-hybridized carbons (Fsp3) is 0.357. The molecular formula is C14H19N3O4. The van der Waals surface area contributed by atoms with Crippen molar-refractivity contribution in [3.8, 4) is 0 Å². The number of alkyl carbamates (subject to hydrolysis) is 1. The van der Waals surface area contributed by atoms with E-state index in [1.165, 1.54) is 13.8 Å². The molecule has 0 saturated carbocycles. The summed E-state index contributed by atoms with van der Waals surface area (Å²) in [6.07, 6.45) is -0.724. The number of primary amides is 1. The van der Waals surface area contributed by atoms with Gasteiger partial charge in [-0.05, 0) is 19.4 Å². The van der Waals surface area contributed by atoms with E-state index in [0.717, 1.165) is 5.56 Å². The molecule has 0 radical (unpaired) electrons. The van der Waals surface area contributed by atoms with Crippen molar-refractivity contribution in [1.29, 1.82) is 0 Å². The average molecular weight is 293 g/mol. The second-order valence-corrected chi connectivity index (χ2v) is 4.96. The number of ether oxygens (including phenoxy) is 1. The fourth-order valence-electron chi connectivity index (χ4n) is 1.46. The summed E-state index contributed by atoms with van der Waals surface area (Å²) in [6, 6.07) is 9.15. The second kappa shape index (κ2) is 7.28. The molecule has 7 nitrogen and oxygen atoms in total. The van der Waals surface area contributed by atoms with Crippen LogP contribution < -0.4 is 16.4 Å². The maximum Gasteiger partial charge on any atom is 0.408 e. The van der Waals surface area contributed by atoms with Crippen molar-refractivity contribution in [2.24, 2.45) is 5.73 Å². The quantitative estimate of drug-likeness (QED) is 0.700. The molecule has 0 atom stereocenters. The molecule has 0 aliphatic carbocycles. The largest absolute Gasteiger partial charge is 0.445 e. The molecule has 1 rings (SSSR count). The predicted molar refractivity (Wildman–Crippen MR) is 76.0 cm³/mol. The Balaban J connectivity index is 2.44. The van der Waals surface area contributed by atoms with Crippen LogP contribution in [0.2, 0.25) is 0 Å². The normalized spacial score (nSPS) is 10.6. The van der Waals surface area contributed by atoms with Gasteiger partial charge in [0.15, 0.2) is 0 Å². The number of carbonyl (C=O) groups is 3. The molecule has 0 heterocycles. The summed E-state index contributed by atoms with van der Waals surface area (Å²) in [5.74, 6) is -1.19. The zero-order valence-electron chi connectivity index (χ0n) is 12.0. The lowest BCUT2D eigenvalue weighted by Crippen LogP contribution is -2.55. The van der Waals surface area contributed by atoms with Gasteiger partial charge in [0.2, 0.25) is 11.8 Å². The summed E-state index contributed by atoms with van der Waals surface area (Å²) >= 11 is 0. The molecular weight excluding hydrogens is 274 g/mol. The van der Waals surface area contributed by atoms with Gasteiger partial charge in [-0.15, -0.1) is 0 Å². The molecule has 7 heteroatoms. The standard InChI is InChI=1S/C14H19N3O4/c1-14(2,12(19)16-8-11(15)18)17-13(20)21-9-10-6-4-3-5-7-10/h3-7H,8-9H2,1-2H3,(H2,15,18)(H,16,19)(H,17,20). The first-order valence-corrected chi connectivity index (χ1v) is 6.37. The van der Waals surface area contributed by atoms with E-state index in [2.05, 4.69) is 10.6 Å². The van der Waals surface area contributed by atoms with Gasteiger partial charge in [0, 0.05) is 0 Å². The first-order chi connectivity index (χ1) is 9.81. The SMILES string of the molecule is CC(C)(NC(=O)OCc1ccccc1)C(=O)NCC(N)=O. The van der Waals surface area contributed by atoms with Crippen LogP contribution in [0.4, 0.5) is 4.79 Å². The minimum absolute atomic E-state index is 0.103. The van der Waals surface area contributed by atoms with E-state index in [9.17, 15) is 14.4 Å². The smallest absolute Gasteiger partial charge is 0.408 e. The van der Waals surface area contributed by atoms with Crippen molar-refractivity contribution in [3.05, 3.63) is 35.9 Å². The van der Waals surface area contributed by atoms with Crippen LogP contribution in [0.25, 0.3) is 0 Å². The Bertz CT molecular complexity index is 514. The molecule has 0 aliphatic heterocycles. The zero-order valence-corrected chi connectivity index (χ0v) is 12.0. The molecule has 0 bridgehead atoms. The van der Waals surface area contributed by atoms with Gasteiger partial charge in [0.1, 0.15) is 12.1 Å². The maximum atomic E-state index is 11.8. The van der Waals surface area contributed by atoms with E-state index < -0.39 is 23.4 Å². The molecule has 0 spiro atoms. The number of rotatable bonds is 6. The number of hydrogen-bond donors (Lipinski definition) is 3. The highest BCUT2D eigenvalue weighted by atomic mass is 16.5. The summed E-state index contributed by atoms with van der Waals surface area (Å²) in [4.78, 5) is 34.1. The van der Waals surface area contributed by atoms with Crippen molar-refractivity contribution in [2.45, 2.75) is 26.0 Å². The number of hydrogen-bond acceptors (Lipinski definition) is 4. The number of nitrogens with two attached hydrogens (primary N) is 1. The number of carbonyl (C=O) groups excluding carboxylic acids is 3. The molecule has 0 unspecified atom stereocenters. The Morgan fingerprint density at radius 1 is 1.19 bits per heavy atom. The Morgan fingerprint density at radius 2 is 1.81 bits per heavy atom. The van der Waals surface area contributed by atoms with Crippen LogP contribution >= 0.6 is 0 Å².